The van der Waals surface area contributed by atoms with E-state index in [4.69, 9.17) is 17.3 Å². The number of aryl methyl sites for hydroxylation is 1. The molecule has 4 nitrogen and oxygen atoms in total. The Morgan fingerprint density at radius 2 is 2.15 bits per heavy atom. The van der Waals surface area contributed by atoms with Gasteiger partial charge in [-0.1, -0.05) is 24.6 Å². The van der Waals surface area contributed by atoms with Gasteiger partial charge in [-0.05, 0) is 24.6 Å². The lowest BCUT2D eigenvalue weighted by atomic mass is 10.2. The van der Waals surface area contributed by atoms with E-state index in [1.807, 2.05) is 24.3 Å². The molecule has 20 heavy (non-hydrogen) atoms. The van der Waals surface area contributed by atoms with Crippen LogP contribution < -0.4 is 5.73 Å². The molecule has 2 aromatic heterocycles. The maximum atomic E-state index is 6.33. The minimum atomic E-state index is 0.628. The molecule has 1 aromatic carbocycles. The van der Waals surface area contributed by atoms with E-state index in [1.165, 1.54) is 0 Å². The van der Waals surface area contributed by atoms with Crippen LogP contribution in [0.1, 0.15) is 13.3 Å². The van der Waals surface area contributed by atoms with Crippen LogP contribution in [0.5, 0.6) is 0 Å². The summed E-state index contributed by atoms with van der Waals surface area (Å²) in [6.07, 6.45) is 4.40. The summed E-state index contributed by atoms with van der Waals surface area (Å²) < 4.78 is 2.13. The van der Waals surface area contributed by atoms with Crippen LogP contribution in [0.2, 0.25) is 5.02 Å². The van der Waals surface area contributed by atoms with Gasteiger partial charge in [-0.25, -0.2) is 4.98 Å². The third-order valence-corrected chi connectivity index (χ3v) is 3.49. The molecular weight excluding hydrogens is 272 g/mol. The fourth-order valence-corrected chi connectivity index (χ4v) is 2.66. The van der Waals surface area contributed by atoms with Crippen LogP contribution in [-0.2, 0) is 6.54 Å². The Bertz CT molecular complexity index is 764. The molecule has 0 aliphatic carbocycles. The van der Waals surface area contributed by atoms with Gasteiger partial charge in [0.1, 0.15) is 5.82 Å². The molecule has 0 radical (unpaired) electrons. The van der Waals surface area contributed by atoms with E-state index in [0.717, 1.165) is 35.4 Å². The van der Waals surface area contributed by atoms with Gasteiger partial charge in [-0.15, -0.1) is 0 Å². The van der Waals surface area contributed by atoms with Gasteiger partial charge in [-0.2, -0.15) is 0 Å². The molecule has 102 valence electrons. The number of benzene rings is 1. The van der Waals surface area contributed by atoms with Gasteiger partial charge < -0.3 is 10.3 Å². The summed E-state index contributed by atoms with van der Waals surface area (Å²) in [4.78, 5) is 8.83. The van der Waals surface area contributed by atoms with Gasteiger partial charge in [0.2, 0.25) is 0 Å². The van der Waals surface area contributed by atoms with Gasteiger partial charge in [0.15, 0.2) is 0 Å². The normalized spacial score (nSPS) is 11.1. The van der Waals surface area contributed by atoms with E-state index in [0.29, 0.717) is 10.7 Å². The van der Waals surface area contributed by atoms with E-state index in [2.05, 4.69) is 21.5 Å². The maximum Gasteiger partial charge on any atom is 0.142 e. The number of nitrogens with two attached hydrogens (primary N) is 1. The standard InChI is InChI=1S/C15H15ClN4/c1-2-6-20-14-12(16)4-3-5-13(14)19-15(20)10-7-11(17)9-18-8-10/h3-5,7-9H,2,6,17H2,1H3. The summed E-state index contributed by atoms with van der Waals surface area (Å²) in [5.41, 5.74) is 9.21. The minimum absolute atomic E-state index is 0.628. The topological polar surface area (TPSA) is 56.7 Å². The SMILES string of the molecule is CCCn1c(-c2cncc(N)c2)nc2cccc(Cl)c21. The van der Waals surface area contributed by atoms with Crippen molar-refractivity contribution in [3.8, 4) is 11.4 Å². The predicted molar refractivity (Wildman–Crippen MR) is 82.7 cm³/mol. The molecule has 0 fully saturated rings. The zero-order valence-corrected chi connectivity index (χ0v) is 11.9. The summed E-state index contributed by atoms with van der Waals surface area (Å²) in [5, 5.41) is 0.714. The first kappa shape index (κ1) is 12.9. The minimum Gasteiger partial charge on any atom is -0.397 e. The molecular formula is C15H15ClN4. The van der Waals surface area contributed by atoms with Crippen molar-refractivity contribution in [2.75, 3.05) is 5.73 Å². The lowest BCUT2D eigenvalue weighted by molar-refractivity contribution is 0.704. The number of nitrogen functional groups attached to an aromatic ring is 1. The van der Waals surface area contributed by atoms with Gasteiger partial charge >= 0.3 is 0 Å². The quantitative estimate of drug-likeness (QED) is 0.798. The Balaban J connectivity index is 2.30. The fourth-order valence-electron chi connectivity index (χ4n) is 2.38. The lowest BCUT2D eigenvalue weighted by Gasteiger charge is -2.08. The van der Waals surface area contributed by atoms with E-state index < -0.39 is 0 Å². The Hall–Kier alpha value is -2.07. The number of imidazole rings is 1. The summed E-state index contributed by atoms with van der Waals surface area (Å²) in [6.45, 7) is 2.98. The van der Waals surface area contributed by atoms with Crippen LogP contribution in [0.4, 0.5) is 5.69 Å². The van der Waals surface area contributed by atoms with Gasteiger partial charge in [0.05, 0.1) is 21.7 Å². The Morgan fingerprint density at radius 1 is 1.30 bits per heavy atom. The van der Waals surface area contributed by atoms with Crippen LogP contribution in [0.25, 0.3) is 22.4 Å². The number of anilines is 1. The first-order valence-corrected chi connectivity index (χ1v) is 6.94. The van der Waals surface area contributed by atoms with E-state index >= 15 is 0 Å². The number of pyridine rings is 1. The highest BCUT2D eigenvalue weighted by atomic mass is 35.5. The van der Waals surface area contributed by atoms with Crippen molar-refractivity contribution in [3.63, 3.8) is 0 Å². The molecule has 5 heteroatoms. The molecule has 3 rings (SSSR count). The van der Waals surface area contributed by atoms with Gasteiger partial charge in [0.25, 0.3) is 0 Å². The fraction of sp³-hybridized carbons (Fsp3) is 0.200. The molecule has 2 N–H and O–H groups in total. The summed E-state index contributed by atoms with van der Waals surface area (Å²) >= 11 is 6.33. The number of fused-ring (bicyclic) bond motifs is 1. The number of hydrogen-bond acceptors (Lipinski definition) is 3. The molecule has 3 aromatic rings. The third kappa shape index (κ3) is 2.12. The first-order chi connectivity index (χ1) is 9.70. The first-order valence-electron chi connectivity index (χ1n) is 6.56. The third-order valence-electron chi connectivity index (χ3n) is 3.18. The van der Waals surface area contributed by atoms with Crippen LogP contribution in [-0.4, -0.2) is 14.5 Å². The second-order valence-corrected chi connectivity index (χ2v) is 5.11. The second kappa shape index (κ2) is 5.13. The lowest BCUT2D eigenvalue weighted by Crippen LogP contribution is -2.01. The molecule has 0 aliphatic heterocycles. The van der Waals surface area contributed by atoms with Crippen molar-refractivity contribution in [1.29, 1.82) is 0 Å². The molecule has 0 atom stereocenters. The smallest absolute Gasteiger partial charge is 0.142 e. The largest absolute Gasteiger partial charge is 0.397 e. The highest BCUT2D eigenvalue weighted by molar-refractivity contribution is 6.35. The predicted octanol–water partition coefficient (Wildman–Crippen LogP) is 3.74. The molecule has 0 amide bonds. The highest BCUT2D eigenvalue weighted by Gasteiger charge is 2.14. The number of aromatic nitrogens is 3. The number of para-hydroxylation sites is 1. The van der Waals surface area contributed by atoms with Crippen LogP contribution >= 0.6 is 11.6 Å². The monoisotopic (exact) mass is 286 g/mol. The molecule has 0 spiro atoms. The maximum absolute atomic E-state index is 6.33. The molecule has 0 saturated heterocycles. The summed E-state index contributed by atoms with van der Waals surface area (Å²) in [7, 11) is 0. The highest BCUT2D eigenvalue weighted by Crippen LogP contribution is 2.30. The van der Waals surface area contributed by atoms with Gasteiger partial charge in [-0.3, -0.25) is 4.98 Å². The molecule has 0 aliphatic rings. The zero-order valence-electron chi connectivity index (χ0n) is 11.2. The molecule has 0 bridgehead atoms. The second-order valence-electron chi connectivity index (χ2n) is 4.70. The number of halogens is 1. The number of hydrogen-bond donors (Lipinski definition) is 1. The van der Waals surface area contributed by atoms with Crippen molar-refractivity contribution in [2.24, 2.45) is 0 Å². The number of rotatable bonds is 3. The van der Waals surface area contributed by atoms with E-state index in [1.54, 1.807) is 12.4 Å². The van der Waals surface area contributed by atoms with Crippen molar-refractivity contribution >= 4 is 28.3 Å². The molecule has 2 heterocycles. The average Bonchev–Trinajstić information content (AvgIpc) is 2.80. The van der Waals surface area contributed by atoms with Crippen molar-refractivity contribution in [2.45, 2.75) is 19.9 Å². The Kier molecular flexibility index (Phi) is 3.32. The van der Waals surface area contributed by atoms with Gasteiger partial charge in [0, 0.05) is 24.5 Å². The Labute approximate surface area is 122 Å². The van der Waals surface area contributed by atoms with Crippen LogP contribution in [0.15, 0.2) is 36.7 Å². The molecule has 0 saturated carbocycles. The van der Waals surface area contributed by atoms with Crippen LogP contribution in [0, 0.1) is 0 Å². The van der Waals surface area contributed by atoms with Crippen LogP contribution in [0.3, 0.4) is 0 Å². The van der Waals surface area contributed by atoms with Crippen molar-refractivity contribution in [1.82, 2.24) is 14.5 Å². The number of nitrogens with zero attached hydrogens (tertiary/aromatic N) is 3. The molecule has 0 unspecified atom stereocenters. The Morgan fingerprint density at radius 3 is 2.90 bits per heavy atom. The van der Waals surface area contributed by atoms with E-state index in [9.17, 15) is 0 Å². The summed E-state index contributed by atoms with van der Waals surface area (Å²) in [5.74, 6) is 0.856. The van der Waals surface area contributed by atoms with Crippen molar-refractivity contribution in [3.05, 3.63) is 41.7 Å². The average molecular weight is 287 g/mol. The van der Waals surface area contributed by atoms with Crippen molar-refractivity contribution < 1.29 is 0 Å². The van der Waals surface area contributed by atoms with E-state index in [-0.39, 0.29) is 0 Å². The zero-order chi connectivity index (χ0) is 14.1. The summed E-state index contributed by atoms with van der Waals surface area (Å²) in [6, 6.07) is 7.65.